The van der Waals surface area contributed by atoms with Gasteiger partial charge in [-0.25, -0.2) is 4.39 Å². The molecule has 1 rings (SSSR count). The van der Waals surface area contributed by atoms with Gasteiger partial charge in [-0.3, -0.25) is 0 Å². The zero-order valence-electron chi connectivity index (χ0n) is 10.1. The summed E-state index contributed by atoms with van der Waals surface area (Å²) < 4.78 is 55.0. The quantitative estimate of drug-likeness (QED) is 0.823. The topological polar surface area (TPSA) is 21.3 Å². The predicted molar refractivity (Wildman–Crippen MR) is 60.0 cm³/mol. The van der Waals surface area contributed by atoms with Gasteiger partial charge in [0, 0.05) is 24.1 Å². The van der Waals surface area contributed by atoms with Gasteiger partial charge in [0.15, 0.2) is 0 Å². The molecule has 0 saturated heterocycles. The Morgan fingerprint density at radius 3 is 2.44 bits per heavy atom. The van der Waals surface area contributed by atoms with Crippen molar-refractivity contribution >= 4 is 0 Å². The van der Waals surface area contributed by atoms with Crippen molar-refractivity contribution in [3.63, 3.8) is 0 Å². The fourth-order valence-electron chi connectivity index (χ4n) is 1.68. The van der Waals surface area contributed by atoms with Gasteiger partial charge in [0.1, 0.15) is 11.6 Å². The lowest BCUT2D eigenvalue weighted by Gasteiger charge is -2.18. The summed E-state index contributed by atoms with van der Waals surface area (Å²) in [5, 5.41) is 2.69. The Balaban J connectivity index is 2.82. The van der Waals surface area contributed by atoms with Gasteiger partial charge in [0.25, 0.3) is 0 Å². The molecule has 1 aromatic rings. The molecule has 0 bridgehead atoms. The highest BCUT2D eigenvalue weighted by Gasteiger charge is 2.29. The smallest absolute Gasteiger partial charge is 0.389 e. The Kier molecular flexibility index (Phi) is 4.95. The zero-order chi connectivity index (χ0) is 13.8. The molecule has 0 heterocycles. The highest BCUT2D eigenvalue weighted by atomic mass is 19.4. The van der Waals surface area contributed by atoms with Gasteiger partial charge >= 0.3 is 6.18 Å². The first-order chi connectivity index (χ1) is 8.37. The predicted octanol–water partition coefficient (Wildman–Crippen LogP) is 3.44. The van der Waals surface area contributed by atoms with Crippen LogP contribution in [-0.2, 0) is 0 Å². The molecular weight excluding hydrogens is 250 g/mol. The van der Waals surface area contributed by atoms with Crippen LogP contribution in [0.5, 0.6) is 5.75 Å². The second-order valence-electron chi connectivity index (χ2n) is 3.88. The first-order valence-electron chi connectivity index (χ1n) is 5.45. The molecule has 0 fully saturated rings. The lowest BCUT2D eigenvalue weighted by molar-refractivity contribution is -0.136. The molecule has 0 radical (unpaired) electrons. The molecule has 1 N–H and O–H groups in total. The number of ether oxygens (including phenoxy) is 1. The van der Waals surface area contributed by atoms with Crippen LogP contribution in [-0.4, -0.2) is 20.3 Å². The average molecular weight is 265 g/mol. The molecule has 6 heteroatoms. The largest absolute Gasteiger partial charge is 0.497 e. The number of hydrogen-bond donors (Lipinski definition) is 1. The van der Waals surface area contributed by atoms with E-state index in [-0.39, 0.29) is 12.0 Å². The Labute approximate surface area is 103 Å². The SMILES string of the molecule is CNC(CCC(F)(F)F)c1ccc(OC)cc1F. The third kappa shape index (κ3) is 4.18. The van der Waals surface area contributed by atoms with Gasteiger partial charge < -0.3 is 10.1 Å². The van der Waals surface area contributed by atoms with E-state index >= 15 is 0 Å². The summed E-state index contributed by atoms with van der Waals surface area (Å²) in [5.41, 5.74) is 0.211. The standard InChI is InChI=1S/C12H15F4NO/c1-17-11(5-6-12(14,15)16)9-4-3-8(18-2)7-10(9)13/h3-4,7,11,17H,5-6H2,1-2H3. The lowest BCUT2D eigenvalue weighted by Crippen LogP contribution is -2.20. The highest BCUT2D eigenvalue weighted by Crippen LogP contribution is 2.29. The van der Waals surface area contributed by atoms with Gasteiger partial charge in [-0.1, -0.05) is 6.07 Å². The average Bonchev–Trinajstić information content (AvgIpc) is 2.30. The van der Waals surface area contributed by atoms with Crippen molar-refractivity contribution in [2.24, 2.45) is 0 Å². The van der Waals surface area contributed by atoms with Crippen LogP contribution in [0.3, 0.4) is 0 Å². The number of methoxy groups -OCH3 is 1. The molecular formula is C12H15F4NO. The van der Waals surface area contributed by atoms with Crippen molar-refractivity contribution in [2.45, 2.75) is 25.1 Å². The fourth-order valence-corrected chi connectivity index (χ4v) is 1.68. The van der Waals surface area contributed by atoms with E-state index in [1.54, 1.807) is 0 Å². The summed E-state index contributed by atoms with van der Waals surface area (Å²) >= 11 is 0. The van der Waals surface area contributed by atoms with Gasteiger partial charge in [-0.15, -0.1) is 0 Å². The van der Waals surface area contributed by atoms with Crippen LogP contribution in [0.15, 0.2) is 18.2 Å². The van der Waals surface area contributed by atoms with Crippen LogP contribution in [0.1, 0.15) is 24.4 Å². The van der Waals surface area contributed by atoms with E-state index in [9.17, 15) is 17.6 Å². The first kappa shape index (κ1) is 14.8. The molecule has 0 amide bonds. The molecule has 1 aromatic carbocycles. The maximum absolute atomic E-state index is 13.7. The van der Waals surface area contributed by atoms with E-state index in [0.717, 1.165) is 6.07 Å². The number of rotatable bonds is 5. The summed E-state index contributed by atoms with van der Waals surface area (Å²) in [4.78, 5) is 0. The van der Waals surface area contributed by atoms with Crippen molar-refractivity contribution in [3.05, 3.63) is 29.6 Å². The van der Waals surface area contributed by atoms with E-state index < -0.39 is 24.5 Å². The molecule has 0 spiro atoms. The summed E-state index contributed by atoms with van der Waals surface area (Å²) in [5.74, 6) is -0.238. The van der Waals surface area contributed by atoms with E-state index in [4.69, 9.17) is 4.74 Å². The van der Waals surface area contributed by atoms with Crippen LogP contribution in [0.4, 0.5) is 17.6 Å². The van der Waals surface area contributed by atoms with Crippen molar-refractivity contribution in [1.29, 1.82) is 0 Å². The van der Waals surface area contributed by atoms with Gasteiger partial charge in [0.2, 0.25) is 0 Å². The molecule has 1 unspecified atom stereocenters. The maximum Gasteiger partial charge on any atom is 0.389 e. The molecule has 0 aromatic heterocycles. The van der Waals surface area contributed by atoms with E-state index in [1.807, 2.05) is 0 Å². The number of hydrogen-bond acceptors (Lipinski definition) is 2. The van der Waals surface area contributed by atoms with Crippen LogP contribution >= 0.6 is 0 Å². The summed E-state index contributed by atoms with van der Waals surface area (Å²) in [7, 11) is 2.90. The minimum absolute atomic E-state index is 0.205. The zero-order valence-corrected chi connectivity index (χ0v) is 10.1. The van der Waals surface area contributed by atoms with Gasteiger partial charge in [-0.2, -0.15) is 13.2 Å². The molecule has 102 valence electrons. The summed E-state index contributed by atoms with van der Waals surface area (Å²) in [6.07, 6.45) is -5.40. The highest BCUT2D eigenvalue weighted by molar-refractivity contribution is 5.30. The molecule has 1 atom stereocenters. The molecule has 0 aliphatic rings. The third-order valence-electron chi connectivity index (χ3n) is 2.65. The third-order valence-corrected chi connectivity index (χ3v) is 2.65. The van der Waals surface area contributed by atoms with Gasteiger partial charge in [-0.05, 0) is 19.5 Å². The number of halogens is 4. The summed E-state index contributed by atoms with van der Waals surface area (Å²) in [6.45, 7) is 0. The molecule has 0 aliphatic heterocycles. The van der Waals surface area contributed by atoms with Crippen LogP contribution in [0.25, 0.3) is 0 Å². The number of alkyl halides is 3. The van der Waals surface area contributed by atoms with Crippen molar-refractivity contribution in [2.75, 3.05) is 14.2 Å². The van der Waals surface area contributed by atoms with E-state index in [0.29, 0.717) is 5.75 Å². The molecule has 2 nitrogen and oxygen atoms in total. The van der Waals surface area contributed by atoms with Crippen LogP contribution in [0, 0.1) is 5.82 Å². The minimum atomic E-state index is -4.24. The van der Waals surface area contributed by atoms with Gasteiger partial charge in [0.05, 0.1) is 7.11 Å². The van der Waals surface area contributed by atoms with Crippen molar-refractivity contribution in [1.82, 2.24) is 5.32 Å². The Hall–Kier alpha value is -1.30. The van der Waals surface area contributed by atoms with Crippen molar-refractivity contribution < 1.29 is 22.3 Å². The fraction of sp³-hybridized carbons (Fsp3) is 0.500. The molecule has 0 saturated carbocycles. The van der Waals surface area contributed by atoms with Crippen molar-refractivity contribution in [3.8, 4) is 5.75 Å². The number of benzene rings is 1. The Morgan fingerprint density at radius 2 is 2.00 bits per heavy atom. The lowest BCUT2D eigenvalue weighted by atomic mass is 10.0. The second-order valence-corrected chi connectivity index (χ2v) is 3.88. The second kappa shape index (κ2) is 6.04. The first-order valence-corrected chi connectivity index (χ1v) is 5.45. The Morgan fingerprint density at radius 1 is 1.33 bits per heavy atom. The molecule has 0 aliphatic carbocycles. The summed E-state index contributed by atoms with van der Waals surface area (Å²) in [6, 6.07) is 3.45. The molecule has 18 heavy (non-hydrogen) atoms. The normalized spacial score (nSPS) is 13.4. The monoisotopic (exact) mass is 265 g/mol. The Bertz CT molecular complexity index is 392. The van der Waals surface area contributed by atoms with Crippen LogP contribution < -0.4 is 10.1 Å². The number of nitrogens with one attached hydrogen (secondary N) is 1. The maximum atomic E-state index is 13.7. The minimum Gasteiger partial charge on any atom is -0.497 e. The van der Waals surface area contributed by atoms with Crippen LogP contribution in [0.2, 0.25) is 0 Å². The van der Waals surface area contributed by atoms with E-state index in [2.05, 4.69) is 5.32 Å². The van der Waals surface area contributed by atoms with E-state index in [1.165, 1.54) is 26.3 Å².